The Morgan fingerprint density at radius 1 is 1.11 bits per heavy atom. The number of rotatable bonds is 9. The van der Waals surface area contributed by atoms with Crippen LogP contribution < -0.4 is 10.0 Å². The molecule has 0 aliphatic rings. The minimum Gasteiger partial charge on any atom is -0.324 e. The molecule has 1 atom stereocenters. The highest BCUT2D eigenvalue weighted by Crippen LogP contribution is 2.22. The third-order valence-electron chi connectivity index (χ3n) is 4.27. The molecule has 0 aliphatic heterocycles. The summed E-state index contributed by atoms with van der Waals surface area (Å²) < 4.78 is 27.9. The molecule has 2 rings (SSSR count). The lowest BCUT2D eigenvalue weighted by molar-refractivity contribution is -0.117. The smallest absolute Gasteiger partial charge is 0.242 e. The van der Waals surface area contributed by atoms with E-state index in [1.165, 1.54) is 12.1 Å². The van der Waals surface area contributed by atoms with Gasteiger partial charge in [-0.2, -0.15) is 16.5 Å². The Labute approximate surface area is 166 Å². The number of aryl methyl sites for hydroxylation is 2. The van der Waals surface area contributed by atoms with Crippen molar-refractivity contribution in [2.24, 2.45) is 0 Å². The van der Waals surface area contributed by atoms with Crippen LogP contribution >= 0.6 is 11.8 Å². The first-order valence-corrected chi connectivity index (χ1v) is 11.7. The molecule has 0 radical (unpaired) electrons. The van der Waals surface area contributed by atoms with Crippen molar-refractivity contribution in [2.45, 2.75) is 37.6 Å². The van der Waals surface area contributed by atoms with Gasteiger partial charge in [0.05, 0.1) is 4.90 Å². The highest BCUT2D eigenvalue weighted by atomic mass is 32.2. The van der Waals surface area contributed by atoms with Crippen molar-refractivity contribution < 1.29 is 13.2 Å². The van der Waals surface area contributed by atoms with Crippen molar-refractivity contribution in [3.05, 3.63) is 59.7 Å². The molecule has 0 aliphatic carbocycles. The number of carbonyl (C=O) groups is 1. The molecule has 2 N–H and O–H groups in total. The van der Waals surface area contributed by atoms with E-state index in [2.05, 4.69) is 10.0 Å². The summed E-state index contributed by atoms with van der Waals surface area (Å²) in [4.78, 5) is 13.1. The largest absolute Gasteiger partial charge is 0.324 e. The maximum Gasteiger partial charge on any atom is 0.242 e. The molecule has 0 saturated heterocycles. The third-order valence-corrected chi connectivity index (χ3v) is 6.40. The van der Waals surface area contributed by atoms with Crippen molar-refractivity contribution in [1.29, 1.82) is 0 Å². The van der Waals surface area contributed by atoms with Gasteiger partial charge in [0.1, 0.15) is 6.04 Å². The van der Waals surface area contributed by atoms with Crippen molar-refractivity contribution in [3.63, 3.8) is 0 Å². The summed E-state index contributed by atoms with van der Waals surface area (Å²) in [7, 11) is -3.77. The van der Waals surface area contributed by atoms with Gasteiger partial charge >= 0.3 is 0 Å². The molecule has 146 valence electrons. The standard InChI is InChI=1S/C20H26N2O3S2/c1-4-16-10-8-9-15(2)19(16)21-20(23)18(13-14-26-3)22-27(24,25)17-11-6-5-7-12-17/h5-12,18,22H,4,13-14H2,1-3H3,(H,21,23)/t18-/m1/s1. The maximum atomic E-state index is 12.9. The Morgan fingerprint density at radius 2 is 1.81 bits per heavy atom. The fourth-order valence-electron chi connectivity index (χ4n) is 2.75. The number of thioether (sulfide) groups is 1. The molecule has 27 heavy (non-hydrogen) atoms. The van der Waals surface area contributed by atoms with Gasteiger partial charge in [0.2, 0.25) is 15.9 Å². The summed E-state index contributed by atoms with van der Waals surface area (Å²) >= 11 is 1.57. The predicted molar refractivity (Wildman–Crippen MR) is 113 cm³/mol. The molecule has 0 heterocycles. The topological polar surface area (TPSA) is 75.3 Å². The summed E-state index contributed by atoms with van der Waals surface area (Å²) in [5, 5.41) is 2.94. The van der Waals surface area contributed by atoms with Gasteiger partial charge < -0.3 is 5.32 Å². The van der Waals surface area contributed by atoms with E-state index in [4.69, 9.17) is 0 Å². The van der Waals surface area contributed by atoms with Crippen molar-refractivity contribution in [1.82, 2.24) is 4.72 Å². The van der Waals surface area contributed by atoms with Gasteiger partial charge in [-0.05, 0) is 55.0 Å². The van der Waals surface area contributed by atoms with Crippen molar-refractivity contribution in [2.75, 3.05) is 17.3 Å². The molecule has 0 fully saturated rings. The fourth-order valence-corrected chi connectivity index (χ4v) is 4.47. The molecule has 5 nitrogen and oxygen atoms in total. The van der Waals surface area contributed by atoms with Crippen LogP contribution in [0.5, 0.6) is 0 Å². The molecular formula is C20H26N2O3S2. The van der Waals surface area contributed by atoms with Gasteiger partial charge in [-0.15, -0.1) is 0 Å². The van der Waals surface area contributed by atoms with Gasteiger partial charge in [-0.3, -0.25) is 4.79 Å². The lowest BCUT2D eigenvalue weighted by Crippen LogP contribution is -2.44. The molecule has 0 saturated carbocycles. The Bertz CT molecular complexity index is 868. The van der Waals surface area contributed by atoms with E-state index in [1.54, 1.807) is 30.0 Å². The second kappa shape index (κ2) is 9.92. The highest BCUT2D eigenvalue weighted by molar-refractivity contribution is 7.98. The molecule has 2 aromatic rings. The number of hydrogen-bond donors (Lipinski definition) is 2. The second-order valence-electron chi connectivity index (χ2n) is 6.22. The number of carbonyl (C=O) groups excluding carboxylic acids is 1. The van der Waals surface area contributed by atoms with Crippen LogP contribution in [0.3, 0.4) is 0 Å². The number of amides is 1. The van der Waals surface area contributed by atoms with Crippen LogP contribution in [0.4, 0.5) is 5.69 Å². The summed E-state index contributed by atoms with van der Waals surface area (Å²) in [5.41, 5.74) is 2.74. The van der Waals surface area contributed by atoms with Crippen LogP contribution in [-0.2, 0) is 21.2 Å². The van der Waals surface area contributed by atoms with E-state index < -0.39 is 16.1 Å². The SMILES string of the molecule is CCc1cccc(C)c1NC(=O)[C@@H](CCSC)NS(=O)(=O)c1ccccc1. The van der Waals surface area contributed by atoms with E-state index in [1.807, 2.05) is 38.3 Å². The van der Waals surface area contributed by atoms with E-state index in [-0.39, 0.29) is 10.8 Å². The first-order chi connectivity index (χ1) is 12.9. The summed E-state index contributed by atoms with van der Waals surface area (Å²) in [6.45, 7) is 3.95. The second-order valence-corrected chi connectivity index (χ2v) is 8.92. The lowest BCUT2D eigenvalue weighted by atomic mass is 10.1. The number of nitrogens with one attached hydrogen (secondary N) is 2. The zero-order valence-corrected chi connectivity index (χ0v) is 17.5. The third kappa shape index (κ3) is 5.82. The van der Waals surface area contributed by atoms with Crippen LogP contribution in [0.1, 0.15) is 24.5 Å². The molecule has 0 bridgehead atoms. The number of hydrogen-bond acceptors (Lipinski definition) is 4. The zero-order chi connectivity index (χ0) is 19.9. The van der Waals surface area contributed by atoms with Crippen molar-refractivity contribution in [3.8, 4) is 0 Å². The number of para-hydroxylation sites is 1. The highest BCUT2D eigenvalue weighted by Gasteiger charge is 2.26. The monoisotopic (exact) mass is 406 g/mol. The first-order valence-electron chi connectivity index (χ1n) is 8.84. The number of benzene rings is 2. The van der Waals surface area contributed by atoms with E-state index >= 15 is 0 Å². The molecule has 0 unspecified atom stereocenters. The maximum absolute atomic E-state index is 12.9. The number of anilines is 1. The molecule has 0 aromatic heterocycles. The minimum absolute atomic E-state index is 0.150. The van der Waals surface area contributed by atoms with Crippen molar-refractivity contribution >= 4 is 33.4 Å². The predicted octanol–water partition coefficient (Wildman–Crippen LogP) is 3.60. The van der Waals surface area contributed by atoms with E-state index in [0.29, 0.717) is 12.2 Å². The molecule has 2 aromatic carbocycles. The quantitative estimate of drug-likeness (QED) is 0.667. The van der Waals surface area contributed by atoms with Crippen LogP contribution in [0, 0.1) is 6.92 Å². The normalized spacial score (nSPS) is 12.6. The molecule has 1 amide bonds. The van der Waals surface area contributed by atoms with E-state index in [9.17, 15) is 13.2 Å². The zero-order valence-electron chi connectivity index (χ0n) is 15.9. The van der Waals surface area contributed by atoms with Gasteiger partial charge in [0.25, 0.3) is 0 Å². The first kappa shape index (κ1) is 21.5. The molecule has 0 spiro atoms. The van der Waals surface area contributed by atoms with Gasteiger partial charge in [0.15, 0.2) is 0 Å². The van der Waals surface area contributed by atoms with Crippen LogP contribution in [0.15, 0.2) is 53.4 Å². The average Bonchev–Trinajstić information content (AvgIpc) is 2.67. The minimum atomic E-state index is -3.77. The van der Waals surface area contributed by atoms with Crippen LogP contribution in [0.2, 0.25) is 0 Å². The van der Waals surface area contributed by atoms with Gasteiger partial charge in [-0.25, -0.2) is 8.42 Å². The van der Waals surface area contributed by atoms with Gasteiger partial charge in [0, 0.05) is 5.69 Å². The van der Waals surface area contributed by atoms with Gasteiger partial charge in [-0.1, -0.05) is 43.3 Å². The lowest BCUT2D eigenvalue weighted by Gasteiger charge is -2.20. The summed E-state index contributed by atoms with van der Waals surface area (Å²) in [6, 6.07) is 13.1. The fraction of sp³-hybridized carbons (Fsp3) is 0.350. The Kier molecular flexibility index (Phi) is 7.89. The Hall–Kier alpha value is -1.83. The number of sulfonamides is 1. The average molecular weight is 407 g/mol. The Morgan fingerprint density at radius 3 is 2.44 bits per heavy atom. The summed E-state index contributed by atoms with van der Waals surface area (Å²) in [5.74, 6) is 0.330. The molecule has 7 heteroatoms. The van der Waals surface area contributed by atoms with Crippen LogP contribution in [-0.4, -0.2) is 32.4 Å². The van der Waals surface area contributed by atoms with E-state index in [0.717, 1.165) is 23.2 Å². The Balaban J connectivity index is 2.24. The summed E-state index contributed by atoms with van der Waals surface area (Å²) in [6.07, 6.45) is 3.12. The molecular weight excluding hydrogens is 380 g/mol. The van der Waals surface area contributed by atoms with Crippen LogP contribution in [0.25, 0.3) is 0 Å².